The molecule has 0 aliphatic carbocycles. The van der Waals surface area contributed by atoms with E-state index in [0.717, 1.165) is 64.2 Å². The summed E-state index contributed by atoms with van der Waals surface area (Å²) in [6.07, 6.45) is 0. The summed E-state index contributed by atoms with van der Waals surface area (Å²) < 4.78 is 2.22. The molecule has 0 unspecified atom stereocenters. The lowest BCUT2D eigenvalue weighted by Gasteiger charge is -2.34. The van der Waals surface area contributed by atoms with Gasteiger partial charge in [0.25, 0.3) is 5.91 Å². The Labute approximate surface area is 193 Å². The maximum Gasteiger partial charge on any atom is 0.251 e. The number of aryl methyl sites for hydroxylation is 1. The van der Waals surface area contributed by atoms with Crippen LogP contribution < -0.4 is 10.2 Å². The lowest BCUT2D eigenvalue weighted by Crippen LogP contribution is -2.48. The van der Waals surface area contributed by atoms with Crippen LogP contribution in [-0.2, 0) is 0 Å². The quantitative estimate of drug-likeness (QED) is 0.467. The van der Waals surface area contributed by atoms with Gasteiger partial charge in [-0.25, -0.2) is 9.97 Å². The number of carbonyl (C=O) groups excluding carboxylic acids is 1. The molecule has 4 aromatic rings. The summed E-state index contributed by atoms with van der Waals surface area (Å²) >= 11 is 9.52. The van der Waals surface area contributed by atoms with Gasteiger partial charge in [0.2, 0.25) is 0 Å². The van der Waals surface area contributed by atoms with Gasteiger partial charge in [-0.1, -0.05) is 22.9 Å². The first-order chi connectivity index (χ1) is 15.1. The van der Waals surface area contributed by atoms with Crippen LogP contribution in [0.2, 0.25) is 5.02 Å². The Morgan fingerprint density at radius 1 is 1.16 bits per heavy atom. The molecule has 1 aliphatic heterocycles. The van der Waals surface area contributed by atoms with Crippen molar-refractivity contribution in [1.29, 1.82) is 0 Å². The predicted octanol–water partition coefficient (Wildman–Crippen LogP) is 4.42. The van der Waals surface area contributed by atoms with Gasteiger partial charge < -0.3 is 10.2 Å². The van der Waals surface area contributed by atoms with Gasteiger partial charge in [0.1, 0.15) is 0 Å². The van der Waals surface area contributed by atoms with Gasteiger partial charge in [-0.05, 0) is 42.8 Å². The van der Waals surface area contributed by atoms with E-state index in [-0.39, 0.29) is 5.91 Å². The summed E-state index contributed by atoms with van der Waals surface area (Å²) in [5.74, 6) is -0.0301. The molecule has 1 aliphatic rings. The second-order valence-electron chi connectivity index (χ2n) is 7.64. The van der Waals surface area contributed by atoms with Gasteiger partial charge in [0.05, 0.1) is 25.9 Å². The molecule has 0 bridgehead atoms. The van der Waals surface area contributed by atoms with Gasteiger partial charge >= 0.3 is 0 Å². The van der Waals surface area contributed by atoms with E-state index in [9.17, 15) is 4.79 Å². The third-order valence-corrected chi connectivity index (χ3v) is 7.97. The third-order valence-electron chi connectivity index (χ3n) is 5.69. The summed E-state index contributed by atoms with van der Waals surface area (Å²) in [7, 11) is 0. The number of hydrogen-bond acceptors (Lipinski definition) is 7. The molecule has 160 valence electrons. The monoisotopic (exact) mass is 471 g/mol. The number of nitrogens with one attached hydrogen (secondary N) is 1. The maximum absolute atomic E-state index is 12.5. The van der Waals surface area contributed by atoms with Gasteiger partial charge in [-0.2, -0.15) is 0 Å². The van der Waals surface area contributed by atoms with Crippen molar-refractivity contribution in [3.63, 3.8) is 0 Å². The van der Waals surface area contributed by atoms with Crippen LogP contribution in [-0.4, -0.2) is 60.0 Å². The van der Waals surface area contributed by atoms with Crippen molar-refractivity contribution in [2.75, 3.05) is 44.2 Å². The van der Waals surface area contributed by atoms with E-state index in [4.69, 9.17) is 16.6 Å². The van der Waals surface area contributed by atoms with E-state index in [1.165, 1.54) is 4.70 Å². The zero-order chi connectivity index (χ0) is 21.4. The number of amides is 1. The molecule has 1 amide bonds. The van der Waals surface area contributed by atoms with Crippen LogP contribution >= 0.6 is 34.3 Å². The molecule has 3 heterocycles. The Morgan fingerprint density at radius 3 is 2.84 bits per heavy atom. The van der Waals surface area contributed by atoms with Crippen molar-refractivity contribution in [1.82, 2.24) is 20.2 Å². The average molecular weight is 472 g/mol. The highest BCUT2D eigenvalue weighted by Crippen LogP contribution is 2.33. The molecular formula is C22H22ClN5OS2. The molecule has 0 atom stereocenters. The zero-order valence-corrected chi connectivity index (χ0v) is 19.5. The molecule has 1 N–H and O–H groups in total. The van der Waals surface area contributed by atoms with Gasteiger partial charge in [-0.3, -0.25) is 9.69 Å². The first kappa shape index (κ1) is 20.6. The van der Waals surface area contributed by atoms with Crippen molar-refractivity contribution in [2.24, 2.45) is 0 Å². The molecule has 1 saturated heterocycles. The summed E-state index contributed by atoms with van der Waals surface area (Å²) in [6, 6.07) is 9.65. The molecule has 31 heavy (non-hydrogen) atoms. The van der Waals surface area contributed by atoms with E-state index in [2.05, 4.69) is 26.2 Å². The number of fused-ring (bicyclic) bond motifs is 2. The summed E-state index contributed by atoms with van der Waals surface area (Å²) in [5.41, 5.74) is 5.48. The van der Waals surface area contributed by atoms with Crippen molar-refractivity contribution < 1.29 is 4.79 Å². The Balaban J connectivity index is 1.12. The molecule has 2 aromatic heterocycles. The maximum atomic E-state index is 12.5. The Kier molecular flexibility index (Phi) is 5.79. The Bertz CT molecular complexity index is 1250. The highest BCUT2D eigenvalue weighted by atomic mass is 35.5. The van der Waals surface area contributed by atoms with Crippen LogP contribution in [0.15, 0.2) is 35.8 Å². The second-order valence-corrected chi connectivity index (χ2v) is 9.94. The molecule has 9 heteroatoms. The predicted molar refractivity (Wildman–Crippen MR) is 130 cm³/mol. The van der Waals surface area contributed by atoms with Crippen LogP contribution in [0, 0.1) is 6.92 Å². The van der Waals surface area contributed by atoms with Crippen molar-refractivity contribution in [3.8, 4) is 0 Å². The number of benzene rings is 2. The molecule has 2 aromatic carbocycles. The average Bonchev–Trinajstić information content (AvgIpc) is 3.43. The Morgan fingerprint density at radius 2 is 2.00 bits per heavy atom. The minimum atomic E-state index is -0.0301. The number of nitrogens with zero attached hydrogens (tertiary/aromatic N) is 4. The van der Waals surface area contributed by atoms with Crippen LogP contribution in [0.3, 0.4) is 0 Å². The van der Waals surface area contributed by atoms with Crippen LogP contribution in [0.1, 0.15) is 15.9 Å². The number of carbonyl (C=O) groups is 1. The van der Waals surface area contributed by atoms with Gasteiger partial charge in [0.15, 0.2) is 5.13 Å². The standard InChI is InChI=1S/C22H22ClN5OS2/c1-14-16(23)3-5-18-20(14)26-22(31-18)28-10-8-27(9-11-28)7-6-24-21(29)15-2-4-17-19(12-15)30-13-25-17/h2-5,12-13H,6-11H2,1H3,(H,24,29). The molecular weight excluding hydrogens is 450 g/mol. The number of thiazole rings is 2. The van der Waals surface area contributed by atoms with Crippen molar-refractivity contribution in [3.05, 3.63) is 52.0 Å². The minimum Gasteiger partial charge on any atom is -0.351 e. The largest absolute Gasteiger partial charge is 0.351 e. The van der Waals surface area contributed by atoms with Gasteiger partial charge in [-0.15, -0.1) is 11.3 Å². The SMILES string of the molecule is Cc1c(Cl)ccc2sc(N3CCN(CCNC(=O)c4ccc5ncsc5c4)CC3)nc12. The van der Waals surface area contributed by atoms with Gasteiger partial charge in [0, 0.05) is 49.9 Å². The smallest absolute Gasteiger partial charge is 0.251 e. The zero-order valence-electron chi connectivity index (χ0n) is 17.1. The van der Waals surface area contributed by atoms with E-state index in [0.29, 0.717) is 12.1 Å². The fourth-order valence-corrected chi connectivity index (χ4v) is 5.76. The summed E-state index contributed by atoms with van der Waals surface area (Å²) in [6.45, 7) is 7.28. The first-order valence-corrected chi connectivity index (χ1v) is 12.3. The lowest BCUT2D eigenvalue weighted by atomic mass is 10.2. The first-order valence-electron chi connectivity index (χ1n) is 10.2. The van der Waals surface area contributed by atoms with E-state index in [1.54, 1.807) is 28.2 Å². The highest BCUT2D eigenvalue weighted by Gasteiger charge is 2.20. The van der Waals surface area contributed by atoms with Crippen LogP contribution in [0.5, 0.6) is 0 Å². The Hall–Kier alpha value is -2.26. The molecule has 1 fully saturated rings. The number of anilines is 1. The molecule has 0 saturated carbocycles. The van der Waals surface area contributed by atoms with E-state index in [1.807, 2.05) is 31.2 Å². The van der Waals surface area contributed by atoms with Crippen LogP contribution in [0.4, 0.5) is 5.13 Å². The fraction of sp³-hybridized carbons (Fsp3) is 0.318. The number of piperazine rings is 1. The minimum absolute atomic E-state index is 0.0301. The number of rotatable bonds is 5. The van der Waals surface area contributed by atoms with E-state index < -0.39 is 0 Å². The number of halogens is 1. The fourth-order valence-electron chi connectivity index (χ4n) is 3.81. The van der Waals surface area contributed by atoms with E-state index >= 15 is 0 Å². The van der Waals surface area contributed by atoms with Crippen molar-refractivity contribution >= 4 is 65.7 Å². The summed E-state index contributed by atoms with van der Waals surface area (Å²) in [4.78, 5) is 26.3. The summed E-state index contributed by atoms with van der Waals surface area (Å²) in [5, 5.41) is 4.87. The second kappa shape index (κ2) is 8.70. The van der Waals surface area contributed by atoms with Crippen molar-refractivity contribution in [2.45, 2.75) is 6.92 Å². The highest BCUT2D eigenvalue weighted by molar-refractivity contribution is 7.22. The number of hydrogen-bond donors (Lipinski definition) is 1. The molecule has 0 radical (unpaired) electrons. The normalized spacial score (nSPS) is 15.1. The lowest BCUT2D eigenvalue weighted by molar-refractivity contribution is 0.0948. The molecule has 0 spiro atoms. The van der Waals surface area contributed by atoms with Crippen LogP contribution in [0.25, 0.3) is 20.4 Å². The topological polar surface area (TPSA) is 61.4 Å². The molecule has 5 rings (SSSR count). The number of aromatic nitrogens is 2. The molecule has 6 nitrogen and oxygen atoms in total. The third kappa shape index (κ3) is 4.25.